The molecule has 4 rings (SSSR count). The van der Waals surface area contributed by atoms with Gasteiger partial charge in [0, 0.05) is 23.6 Å². The molecule has 0 aliphatic heterocycles. The highest BCUT2D eigenvalue weighted by atomic mass is 35.5. The molecule has 2 N–H and O–H groups in total. The molecule has 0 radical (unpaired) electrons. The standard InChI is InChI=1S/C26H23ClN4OS/c27-23-14-8-7-13-21(23)15-16-24(32)29-26-31-30-25(33-26)28-18-17-22(19-9-3-1-4-10-19)20-11-5-2-6-12-20/h1-16,22H,17-18H2,(H,28,30)(H,29,31,32)/b16-15+. The molecule has 0 atom stereocenters. The molecule has 0 unspecified atom stereocenters. The van der Waals surface area contributed by atoms with Crippen LogP contribution in [0.1, 0.15) is 29.0 Å². The number of halogens is 1. The lowest BCUT2D eigenvalue weighted by molar-refractivity contribution is -0.111. The van der Waals surface area contributed by atoms with E-state index in [1.807, 2.05) is 30.3 Å². The average molecular weight is 475 g/mol. The van der Waals surface area contributed by atoms with E-state index in [9.17, 15) is 4.79 Å². The first-order valence-corrected chi connectivity index (χ1v) is 11.8. The van der Waals surface area contributed by atoms with Crippen molar-refractivity contribution in [3.8, 4) is 0 Å². The fourth-order valence-electron chi connectivity index (χ4n) is 3.49. The van der Waals surface area contributed by atoms with Gasteiger partial charge in [-0.3, -0.25) is 10.1 Å². The Bertz CT molecular complexity index is 1170. The summed E-state index contributed by atoms with van der Waals surface area (Å²) < 4.78 is 0. The Kier molecular flexibility index (Phi) is 7.85. The number of rotatable bonds is 9. The molecule has 0 spiro atoms. The Morgan fingerprint density at radius 3 is 2.15 bits per heavy atom. The average Bonchev–Trinajstić information content (AvgIpc) is 3.29. The molecule has 1 heterocycles. The number of nitrogens with zero attached hydrogens (tertiary/aromatic N) is 2. The first-order valence-electron chi connectivity index (χ1n) is 10.6. The van der Waals surface area contributed by atoms with Gasteiger partial charge in [0.25, 0.3) is 0 Å². The van der Waals surface area contributed by atoms with E-state index in [1.165, 1.54) is 28.5 Å². The fraction of sp³-hybridized carbons (Fsp3) is 0.115. The van der Waals surface area contributed by atoms with Crippen molar-refractivity contribution in [3.63, 3.8) is 0 Å². The van der Waals surface area contributed by atoms with Gasteiger partial charge < -0.3 is 5.32 Å². The summed E-state index contributed by atoms with van der Waals surface area (Å²) in [5, 5.41) is 16.0. The third-order valence-corrected chi connectivity index (χ3v) is 6.23. The second-order valence-electron chi connectivity index (χ2n) is 7.35. The molecule has 1 amide bonds. The molecule has 0 aliphatic carbocycles. The van der Waals surface area contributed by atoms with E-state index >= 15 is 0 Å². The summed E-state index contributed by atoms with van der Waals surface area (Å²) in [6, 6.07) is 28.3. The molecule has 4 aromatic rings. The molecule has 33 heavy (non-hydrogen) atoms. The highest BCUT2D eigenvalue weighted by molar-refractivity contribution is 7.19. The van der Waals surface area contributed by atoms with E-state index in [1.54, 1.807) is 12.1 Å². The van der Waals surface area contributed by atoms with Crippen LogP contribution >= 0.6 is 22.9 Å². The minimum absolute atomic E-state index is 0.280. The summed E-state index contributed by atoms with van der Waals surface area (Å²) in [6.45, 7) is 0.726. The predicted octanol–water partition coefficient (Wildman–Crippen LogP) is 6.48. The van der Waals surface area contributed by atoms with Gasteiger partial charge in [-0.15, -0.1) is 10.2 Å². The second-order valence-corrected chi connectivity index (χ2v) is 8.73. The van der Waals surface area contributed by atoms with Crippen molar-refractivity contribution in [2.24, 2.45) is 0 Å². The lowest BCUT2D eigenvalue weighted by Gasteiger charge is -2.18. The topological polar surface area (TPSA) is 66.9 Å². The smallest absolute Gasteiger partial charge is 0.250 e. The summed E-state index contributed by atoms with van der Waals surface area (Å²) in [5.41, 5.74) is 3.34. The second kappa shape index (κ2) is 11.4. The van der Waals surface area contributed by atoms with Gasteiger partial charge in [0.1, 0.15) is 0 Å². The zero-order valence-electron chi connectivity index (χ0n) is 17.8. The van der Waals surface area contributed by atoms with Gasteiger partial charge in [-0.1, -0.05) is 102 Å². The number of nitrogens with one attached hydrogen (secondary N) is 2. The first kappa shape index (κ1) is 22.7. The quantitative estimate of drug-likeness (QED) is 0.272. The van der Waals surface area contributed by atoms with Crippen molar-refractivity contribution in [2.75, 3.05) is 17.2 Å². The van der Waals surface area contributed by atoms with Crippen LogP contribution < -0.4 is 10.6 Å². The third-order valence-electron chi connectivity index (χ3n) is 5.09. The van der Waals surface area contributed by atoms with Crippen LogP contribution in [0.5, 0.6) is 0 Å². The largest absolute Gasteiger partial charge is 0.360 e. The van der Waals surface area contributed by atoms with Crippen LogP contribution in [0.4, 0.5) is 10.3 Å². The van der Waals surface area contributed by atoms with Crippen LogP contribution in [0.25, 0.3) is 6.08 Å². The van der Waals surface area contributed by atoms with Gasteiger partial charge in [0.2, 0.25) is 16.2 Å². The van der Waals surface area contributed by atoms with Crippen molar-refractivity contribution >= 4 is 45.2 Å². The maximum atomic E-state index is 12.2. The molecular weight excluding hydrogens is 452 g/mol. The van der Waals surface area contributed by atoms with Gasteiger partial charge in [-0.2, -0.15) is 0 Å². The highest BCUT2D eigenvalue weighted by Gasteiger charge is 2.14. The van der Waals surface area contributed by atoms with Crippen molar-refractivity contribution in [1.29, 1.82) is 0 Å². The van der Waals surface area contributed by atoms with E-state index in [-0.39, 0.29) is 11.8 Å². The number of carbonyl (C=O) groups excluding carboxylic acids is 1. The van der Waals surface area contributed by atoms with E-state index in [0.717, 1.165) is 18.5 Å². The van der Waals surface area contributed by atoms with Gasteiger partial charge >= 0.3 is 0 Å². The van der Waals surface area contributed by atoms with Gasteiger partial charge in [-0.25, -0.2) is 0 Å². The lowest BCUT2D eigenvalue weighted by Crippen LogP contribution is -2.09. The van der Waals surface area contributed by atoms with Gasteiger partial charge in [0.15, 0.2) is 0 Å². The number of carbonyl (C=O) groups is 1. The molecule has 3 aromatic carbocycles. The van der Waals surface area contributed by atoms with Crippen LogP contribution in [-0.4, -0.2) is 22.6 Å². The fourth-order valence-corrected chi connectivity index (χ4v) is 4.36. The molecule has 0 aliphatic rings. The Morgan fingerprint density at radius 1 is 0.879 bits per heavy atom. The maximum Gasteiger partial charge on any atom is 0.250 e. The number of aromatic nitrogens is 2. The Balaban J connectivity index is 1.33. The van der Waals surface area contributed by atoms with Crippen molar-refractivity contribution in [1.82, 2.24) is 10.2 Å². The summed E-state index contributed by atoms with van der Waals surface area (Å²) in [7, 11) is 0. The van der Waals surface area contributed by atoms with E-state index in [2.05, 4.69) is 69.4 Å². The van der Waals surface area contributed by atoms with Crippen LogP contribution in [0.2, 0.25) is 5.02 Å². The number of hydrogen-bond acceptors (Lipinski definition) is 5. The van der Waals surface area contributed by atoms with E-state index < -0.39 is 0 Å². The third kappa shape index (κ3) is 6.51. The molecule has 1 aromatic heterocycles. The van der Waals surface area contributed by atoms with Crippen molar-refractivity contribution in [2.45, 2.75) is 12.3 Å². The Morgan fingerprint density at radius 2 is 1.48 bits per heavy atom. The molecule has 5 nitrogen and oxygen atoms in total. The number of hydrogen-bond donors (Lipinski definition) is 2. The zero-order chi connectivity index (χ0) is 22.9. The predicted molar refractivity (Wildman–Crippen MR) is 137 cm³/mol. The zero-order valence-corrected chi connectivity index (χ0v) is 19.4. The summed E-state index contributed by atoms with van der Waals surface area (Å²) >= 11 is 7.41. The SMILES string of the molecule is O=C(/C=C/c1ccccc1Cl)Nc1nnc(NCCC(c2ccccc2)c2ccccc2)s1. The molecule has 0 bridgehead atoms. The molecule has 0 saturated heterocycles. The van der Waals surface area contributed by atoms with Crippen molar-refractivity contribution < 1.29 is 4.79 Å². The minimum atomic E-state index is -0.286. The van der Waals surface area contributed by atoms with E-state index in [4.69, 9.17) is 11.6 Å². The minimum Gasteiger partial charge on any atom is -0.360 e. The van der Waals surface area contributed by atoms with Crippen LogP contribution in [0.3, 0.4) is 0 Å². The van der Waals surface area contributed by atoms with E-state index in [0.29, 0.717) is 15.3 Å². The van der Waals surface area contributed by atoms with Crippen molar-refractivity contribution in [3.05, 3.63) is 113 Å². The number of benzene rings is 3. The normalized spacial score (nSPS) is 11.1. The maximum absolute atomic E-state index is 12.2. The summed E-state index contributed by atoms with van der Waals surface area (Å²) in [6.07, 6.45) is 4.00. The summed E-state index contributed by atoms with van der Waals surface area (Å²) in [4.78, 5) is 12.2. The molecule has 166 valence electrons. The number of amides is 1. The van der Waals surface area contributed by atoms with Crippen LogP contribution in [0, 0.1) is 0 Å². The van der Waals surface area contributed by atoms with Gasteiger partial charge in [-0.05, 0) is 35.3 Å². The number of anilines is 2. The van der Waals surface area contributed by atoms with Gasteiger partial charge in [0.05, 0.1) is 0 Å². The monoisotopic (exact) mass is 474 g/mol. The molecule has 0 saturated carbocycles. The van der Waals surface area contributed by atoms with Crippen LogP contribution in [0.15, 0.2) is 91.0 Å². The molecular formula is C26H23ClN4OS. The highest BCUT2D eigenvalue weighted by Crippen LogP contribution is 2.28. The Hall–Kier alpha value is -3.48. The Labute approximate surface area is 202 Å². The summed E-state index contributed by atoms with van der Waals surface area (Å²) in [5.74, 6) is -0.00668. The molecule has 7 heteroatoms. The van der Waals surface area contributed by atoms with Crippen LogP contribution in [-0.2, 0) is 4.79 Å². The lowest BCUT2D eigenvalue weighted by atomic mass is 9.88. The first-order chi connectivity index (χ1) is 16.2. The molecule has 0 fully saturated rings.